The number of amides is 1. The number of methoxy groups -OCH3 is 1. The first-order valence-corrected chi connectivity index (χ1v) is 9.94. The second-order valence-electron chi connectivity index (χ2n) is 6.72. The number of aryl methyl sites for hydroxylation is 1. The molecule has 0 radical (unpaired) electrons. The quantitative estimate of drug-likeness (QED) is 0.650. The average Bonchev–Trinajstić information content (AvgIpc) is 3.00. The van der Waals surface area contributed by atoms with Gasteiger partial charge in [-0.15, -0.1) is 0 Å². The molecule has 32 heavy (non-hydrogen) atoms. The van der Waals surface area contributed by atoms with Gasteiger partial charge in [-0.05, 0) is 24.6 Å². The first-order chi connectivity index (χ1) is 14.9. The summed E-state index contributed by atoms with van der Waals surface area (Å²) in [6.07, 6.45) is -5.08. The van der Waals surface area contributed by atoms with Crippen molar-refractivity contribution in [1.82, 2.24) is 9.88 Å². The van der Waals surface area contributed by atoms with Gasteiger partial charge >= 0.3 is 12.1 Å². The zero-order chi connectivity index (χ0) is 24.2. The minimum atomic E-state index is -5.08. The highest BCUT2D eigenvalue weighted by atomic mass is 35.5. The van der Waals surface area contributed by atoms with E-state index in [1.54, 1.807) is 24.1 Å². The van der Waals surface area contributed by atoms with Crippen LogP contribution in [0.15, 0.2) is 18.2 Å². The van der Waals surface area contributed by atoms with Crippen LogP contribution in [0.25, 0.3) is 11.1 Å². The molecule has 0 spiro atoms. The van der Waals surface area contributed by atoms with E-state index in [4.69, 9.17) is 43.6 Å². The first kappa shape index (κ1) is 25.9. The number of nitrogens with zero attached hydrogens (tertiary/aromatic N) is 2. The predicted octanol–water partition coefficient (Wildman–Crippen LogP) is 4.06. The highest BCUT2D eigenvalue weighted by Crippen LogP contribution is 2.39. The third kappa shape index (κ3) is 5.69. The Morgan fingerprint density at radius 3 is 2.44 bits per heavy atom. The number of halogens is 5. The largest absolute Gasteiger partial charge is 0.490 e. The molecule has 3 N–H and O–H groups in total. The van der Waals surface area contributed by atoms with Crippen LogP contribution < -0.4 is 5.73 Å². The number of alkyl halides is 3. The molecule has 1 aliphatic heterocycles. The maximum Gasteiger partial charge on any atom is 0.490 e. The maximum absolute atomic E-state index is 13.0. The monoisotopic (exact) mass is 493 g/mol. The minimum absolute atomic E-state index is 0.0738. The SMILES string of the molecule is COCCN1Cc2nc(C)c(CN)c(-c3ccc(Cl)cc3Cl)c2C1=O.O=C(O)C(F)(F)F. The molecule has 1 aromatic carbocycles. The smallest absolute Gasteiger partial charge is 0.475 e. The molecule has 0 saturated heterocycles. The van der Waals surface area contributed by atoms with Crippen molar-refractivity contribution in [3.05, 3.63) is 50.8 Å². The van der Waals surface area contributed by atoms with E-state index < -0.39 is 12.1 Å². The summed E-state index contributed by atoms with van der Waals surface area (Å²) >= 11 is 12.4. The number of carboxylic acid groups (broad SMARTS) is 1. The van der Waals surface area contributed by atoms with Crippen molar-refractivity contribution in [2.75, 3.05) is 20.3 Å². The van der Waals surface area contributed by atoms with Crippen LogP contribution in [-0.2, 0) is 22.6 Å². The highest BCUT2D eigenvalue weighted by molar-refractivity contribution is 6.36. The van der Waals surface area contributed by atoms with Crippen molar-refractivity contribution in [1.29, 1.82) is 0 Å². The van der Waals surface area contributed by atoms with Gasteiger partial charge in [-0.3, -0.25) is 9.78 Å². The van der Waals surface area contributed by atoms with Crippen LogP contribution in [0, 0.1) is 6.92 Å². The molecule has 12 heteroatoms. The molecule has 1 amide bonds. The lowest BCUT2D eigenvalue weighted by molar-refractivity contribution is -0.192. The third-order valence-electron chi connectivity index (χ3n) is 4.63. The highest BCUT2D eigenvalue weighted by Gasteiger charge is 2.38. The van der Waals surface area contributed by atoms with Gasteiger partial charge in [0.2, 0.25) is 0 Å². The lowest BCUT2D eigenvalue weighted by atomic mass is 9.93. The molecule has 0 atom stereocenters. The van der Waals surface area contributed by atoms with Gasteiger partial charge in [-0.1, -0.05) is 29.3 Å². The molecular weight excluding hydrogens is 474 g/mol. The number of carbonyl (C=O) groups excluding carboxylic acids is 1. The van der Waals surface area contributed by atoms with Crippen LogP contribution in [0.5, 0.6) is 0 Å². The molecule has 0 aliphatic carbocycles. The van der Waals surface area contributed by atoms with Crippen molar-refractivity contribution in [3.63, 3.8) is 0 Å². The molecule has 1 aliphatic rings. The van der Waals surface area contributed by atoms with Crippen molar-refractivity contribution in [2.45, 2.75) is 26.2 Å². The number of aromatic nitrogens is 1. The van der Waals surface area contributed by atoms with E-state index in [0.717, 1.165) is 28.1 Å². The zero-order valence-electron chi connectivity index (χ0n) is 17.1. The van der Waals surface area contributed by atoms with Crippen LogP contribution in [0.4, 0.5) is 13.2 Å². The van der Waals surface area contributed by atoms with Gasteiger partial charge in [0.05, 0.1) is 24.4 Å². The molecule has 174 valence electrons. The van der Waals surface area contributed by atoms with Crippen molar-refractivity contribution in [3.8, 4) is 11.1 Å². The fourth-order valence-electron chi connectivity index (χ4n) is 3.18. The van der Waals surface area contributed by atoms with E-state index in [0.29, 0.717) is 35.3 Å². The third-order valence-corrected chi connectivity index (χ3v) is 5.18. The van der Waals surface area contributed by atoms with Crippen LogP contribution in [-0.4, -0.2) is 53.3 Å². The number of rotatable bonds is 5. The summed E-state index contributed by atoms with van der Waals surface area (Å²) < 4.78 is 36.8. The number of hydrogen-bond donors (Lipinski definition) is 2. The number of fused-ring (bicyclic) bond motifs is 1. The van der Waals surface area contributed by atoms with Crippen molar-refractivity contribution < 1.29 is 32.6 Å². The summed E-state index contributed by atoms with van der Waals surface area (Å²) in [6, 6.07) is 5.25. The van der Waals surface area contributed by atoms with Crippen LogP contribution >= 0.6 is 23.2 Å². The van der Waals surface area contributed by atoms with Crippen molar-refractivity contribution >= 4 is 35.1 Å². The Morgan fingerprint density at radius 1 is 1.31 bits per heavy atom. The van der Waals surface area contributed by atoms with Gasteiger partial charge in [-0.2, -0.15) is 13.2 Å². The molecule has 0 unspecified atom stereocenters. The number of pyridine rings is 1. The molecule has 2 heterocycles. The number of ether oxygens (including phenoxy) is 1. The van der Waals surface area contributed by atoms with E-state index in [-0.39, 0.29) is 12.5 Å². The minimum Gasteiger partial charge on any atom is -0.475 e. The van der Waals surface area contributed by atoms with E-state index in [1.165, 1.54) is 0 Å². The van der Waals surface area contributed by atoms with Gasteiger partial charge < -0.3 is 20.5 Å². The van der Waals surface area contributed by atoms with E-state index in [2.05, 4.69) is 4.98 Å². The summed E-state index contributed by atoms with van der Waals surface area (Å²) in [7, 11) is 1.61. The molecule has 0 saturated carbocycles. The number of carbonyl (C=O) groups is 2. The second-order valence-corrected chi connectivity index (χ2v) is 7.57. The fourth-order valence-corrected chi connectivity index (χ4v) is 3.68. The molecular formula is C20H20Cl2F3N3O4. The Balaban J connectivity index is 0.000000451. The summed E-state index contributed by atoms with van der Waals surface area (Å²) in [5.74, 6) is -2.83. The Morgan fingerprint density at radius 2 is 1.94 bits per heavy atom. The summed E-state index contributed by atoms with van der Waals surface area (Å²) in [6.45, 7) is 3.61. The predicted molar refractivity (Wildman–Crippen MR) is 113 cm³/mol. The van der Waals surface area contributed by atoms with Gasteiger partial charge in [0.25, 0.3) is 5.91 Å². The number of hydrogen-bond acceptors (Lipinski definition) is 5. The van der Waals surface area contributed by atoms with Gasteiger partial charge in [0.1, 0.15) is 0 Å². The molecule has 1 aromatic heterocycles. The van der Waals surface area contributed by atoms with Crippen LogP contribution in [0.2, 0.25) is 10.0 Å². The van der Waals surface area contributed by atoms with E-state index in [9.17, 15) is 18.0 Å². The normalized spacial score (nSPS) is 13.0. The second kappa shape index (κ2) is 10.5. The van der Waals surface area contributed by atoms with Crippen LogP contribution in [0.3, 0.4) is 0 Å². The molecule has 0 fully saturated rings. The van der Waals surface area contributed by atoms with Gasteiger partial charge in [0, 0.05) is 47.1 Å². The summed E-state index contributed by atoms with van der Waals surface area (Å²) in [4.78, 5) is 28.2. The van der Waals surface area contributed by atoms with E-state index in [1.807, 2.05) is 13.0 Å². The molecule has 7 nitrogen and oxygen atoms in total. The van der Waals surface area contributed by atoms with Gasteiger partial charge in [0.15, 0.2) is 0 Å². The van der Waals surface area contributed by atoms with Crippen molar-refractivity contribution in [2.24, 2.45) is 5.73 Å². The number of carboxylic acids is 1. The van der Waals surface area contributed by atoms with E-state index >= 15 is 0 Å². The Kier molecular flexibility index (Phi) is 8.47. The van der Waals surface area contributed by atoms with Crippen LogP contribution in [0.1, 0.15) is 27.3 Å². The summed E-state index contributed by atoms with van der Waals surface area (Å²) in [5, 5.41) is 8.15. The molecule has 0 bridgehead atoms. The topological polar surface area (TPSA) is 106 Å². The summed E-state index contributed by atoms with van der Waals surface area (Å²) in [5.41, 5.74) is 10.4. The Bertz CT molecular complexity index is 1030. The first-order valence-electron chi connectivity index (χ1n) is 9.18. The zero-order valence-corrected chi connectivity index (χ0v) is 18.6. The number of aliphatic carboxylic acids is 1. The van der Waals surface area contributed by atoms with Gasteiger partial charge in [-0.25, -0.2) is 4.79 Å². The Labute approximate surface area is 191 Å². The molecule has 2 aromatic rings. The fraction of sp³-hybridized carbons (Fsp3) is 0.350. The lowest BCUT2D eigenvalue weighted by Crippen LogP contribution is -2.27. The number of nitrogens with two attached hydrogens (primary N) is 1. The number of benzene rings is 1. The molecule has 3 rings (SSSR count). The maximum atomic E-state index is 13.0. The Hall–Kier alpha value is -2.40. The lowest BCUT2D eigenvalue weighted by Gasteiger charge is -2.17. The average molecular weight is 494 g/mol. The standard InChI is InChI=1S/C18H19Cl2N3O2.C2HF3O2/c1-10-13(8-21)16(12-4-3-11(19)7-14(12)20)17-15(22-10)9-23(18(17)24)5-6-25-2;3-2(4,5)1(6)7/h3-4,7H,5-6,8-9,21H2,1-2H3;(H,6,7).